The number of hydrogen-bond acceptors (Lipinski definition) is 3. The van der Waals surface area contributed by atoms with Crippen molar-refractivity contribution < 1.29 is 30.0 Å². The van der Waals surface area contributed by atoms with Crippen molar-refractivity contribution in [3.63, 3.8) is 0 Å². The molecule has 0 aromatic carbocycles. The summed E-state index contributed by atoms with van der Waals surface area (Å²) in [5.74, 6) is -0.375. The van der Waals surface area contributed by atoms with Gasteiger partial charge in [0.15, 0.2) is 0 Å². The van der Waals surface area contributed by atoms with Gasteiger partial charge in [-0.05, 0) is 0 Å². The van der Waals surface area contributed by atoms with Crippen molar-refractivity contribution in [2.45, 2.75) is 13.8 Å². The van der Waals surface area contributed by atoms with Gasteiger partial charge in [0.25, 0.3) is 5.97 Å². The van der Waals surface area contributed by atoms with Crippen LogP contribution in [0.3, 0.4) is 0 Å². The molecule has 52 valence electrons. The summed E-state index contributed by atoms with van der Waals surface area (Å²) < 4.78 is 4.31. The second kappa shape index (κ2) is 5.23. The van der Waals surface area contributed by atoms with Crippen molar-refractivity contribution in [2.24, 2.45) is 5.73 Å². The van der Waals surface area contributed by atoms with Crippen molar-refractivity contribution in [1.82, 2.24) is 0 Å². The first-order chi connectivity index (χ1) is 3.13. The maximum absolute atomic E-state index is 9.93. The van der Waals surface area contributed by atoms with E-state index in [9.17, 15) is 4.79 Å². The van der Waals surface area contributed by atoms with Gasteiger partial charge in [-0.1, -0.05) is 6.23 Å². The number of carbonyl (C=O) groups excluding carboxylic acids is 1. The standard InChI is InChI=1S/C4H8NO2.Pd/c1-3(5)7-4(2)6;/h5H2,1-2H3;/q-1;. The average molecular weight is 209 g/mol. The molecule has 0 saturated heterocycles. The SMILES string of the molecule is CC(=O)O[C-](C)N.[Pd]. The smallest absolute Gasteiger partial charge is 0.272 e. The minimum absolute atomic E-state index is 0. The van der Waals surface area contributed by atoms with Crippen molar-refractivity contribution in [1.29, 1.82) is 0 Å². The van der Waals surface area contributed by atoms with Crippen LogP contribution in [0.2, 0.25) is 0 Å². The van der Waals surface area contributed by atoms with E-state index in [1.807, 2.05) is 0 Å². The molecule has 0 saturated carbocycles. The molecular weight excluding hydrogens is 200 g/mol. The number of hydrogen-bond donors (Lipinski definition) is 1. The van der Waals surface area contributed by atoms with E-state index < -0.39 is 0 Å². The molecule has 8 heavy (non-hydrogen) atoms. The first-order valence-electron chi connectivity index (χ1n) is 1.90. The van der Waals surface area contributed by atoms with Crippen molar-refractivity contribution >= 4 is 5.97 Å². The molecule has 0 fully saturated rings. The van der Waals surface area contributed by atoms with Crippen LogP contribution in [0.5, 0.6) is 0 Å². The number of ether oxygens (including phenoxy) is 1. The predicted octanol–water partition coefficient (Wildman–Crippen LogP) is 0.0151. The maximum atomic E-state index is 9.93. The Labute approximate surface area is 62.2 Å². The Morgan fingerprint density at radius 1 is 1.75 bits per heavy atom. The zero-order valence-corrected chi connectivity index (χ0v) is 6.26. The quantitative estimate of drug-likeness (QED) is 0.375. The van der Waals surface area contributed by atoms with Gasteiger partial charge in [0.05, 0.1) is 0 Å². The zero-order chi connectivity index (χ0) is 5.86. The van der Waals surface area contributed by atoms with Crippen molar-refractivity contribution in [2.75, 3.05) is 0 Å². The fourth-order valence-electron chi connectivity index (χ4n) is 0.227. The Balaban J connectivity index is 0. The largest absolute Gasteiger partial charge is 0.620 e. The van der Waals surface area contributed by atoms with Crippen LogP contribution in [0.15, 0.2) is 0 Å². The molecule has 4 heteroatoms. The summed E-state index contributed by atoms with van der Waals surface area (Å²) >= 11 is 0. The van der Waals surface area contributed by atoms with Gasteiger partial charge in [-0.3, -0.25) is 4.79 Å². The van der Waals surface area contributed by atoms with E-state index in [-0.39, 0.29) is 32.6 Å². The van der Waals surface area contributed by atoms with Crippen LogP contribution < -0.4 is 5.73 Å². The third-order valence-corrected chi connectivity index (χ3v) is 0.305. The first kappa shape index (κ1) is 11.0. The van der Waals surface area contributed by atoms with E-state index in [4.69, 9.17) is 5.73 Å². The van der Waals surface area contributed by atoms with E-state index in [2.05, 4.69) is 4.74 Å². The Bertz CT molecular complexity index is 74.4. The monoisotopic (exact) mass is 208 g/mol. The average Bonchev–Trinajstić information content (AvgIpc) is 1.27. The Hall–Kier alpha value is 0.0923. The summed E-state index contributed by atoms with van der Waals surface area (Å²) in [5, 5.41) is 0. The molecule has 0 aromatic heterocycles. The molecule has 0 aliphatic carbocycles. The van der Waals surface area contributed by atoms with Crippen LogP contribution in [0.1, 0.15) is 13.8 Å². The third kappa shape index (κ3) is 9.43. The van der Waals surface area contributed by atoms with Gasteiger partial charge in [0, 0.05) is 27.3 Å². The van der Waals surface area contributed by atoms with Gasteiger partial charge in [-0.15, -0.1) is 6.92 Å². The van der Waals surface area contributed by atoms with Crippen LogP contribution in [-0.4, -0.2) is 5.97 Å². The maximum Gasteiger partial charge on any atom is 0.272 e. The van der Waals surface area contributed by atoms with Gasteiger partial charge >= 0.3 is 0 Å². The summed E-state index contributed by atoms with van der Waals surface area (Å²) in [6, 6.07) is 0. The molecule has 0 aliphatic heterocycles. The third-order valence-electron chi connectivity index (χ3n) is 0.305. The van der Waals surface area contributed by atoms with Crippen LogP contribution in [0.4, 0.5) is 0 Å². The second-order valence-electron chi connectivity index (χ2n) is 1.20. The Kier molecular flexibility index (Phi) is 7.17. The van der Waals surface area contributed by atoms with Gasteiger partial charge < -0.3 is 10.5 Å². The number of esters is 1. The number of nitrogens with two attached hydrogens (primary N) is 1. The van der Waals surface area contributed by atoms with Crippen LogP contribution in [0.25, 0.3) is 0 Å². The summed E-state index contributed by atoms with van der Waals surface area (Å²) in [5.41, 5.74) is 4.97. The van der Waals surface area contributed by atoms with Gasteiger partial charge in [0.1, 0.15) is 0 Å². The second-order valence-corrected chi connectivity index (χ2v) is 1.20. The molecule has 0 bridgehead atoms. The molecule has 0 atom stereocenters. The molecule has 0 heterocycles. The topological polar surface area (TPSA) is 52.3 Å². The fraction of sp³-hybridized carbons (Fsp3) is 0.500. The van der Waals surface area contributed by atoms with Gasteiger partial charge in [-0.2, -0.15) is 0 Å². The molecule has 0 unspecified atom stereocenters. The molecule has 0 radical (unpaired) electrons. The minimum Gasteiger partial charge on any atom is -0.620 e. The normalized spacial score (nSPS) is 8.00. The minimum atomic E-state index is -0.375. The molecule has 0 amide bonds. The Morgan fingerprint density at radius 2 is 2.12 bits per heavy atom. The Morgan fingerprint density at radius 3 is 2.12 bits per heavy atom. The molecule has 0 spiro atoms. The predicted molar refractivity (Wildman–Crippen MR) is 24.9 cm³/mol. The molecule has 0 rings (SSSR count). The van der Waals surface area contributed by atoms with Gasteiger partial charge in [-0.25, -0.2) is 0 Å². The van der Waals surface area contributed by atoms with Crippen molar-refractivity contribution in [3.8, 4) is 0 Å². The molecule has 2 N–H and O–H groups in total. The van der Waals surface area contributed by atoms with E-state index >= 15 is 0 Å². The fourth-order valence-corrected chi connectivity index (χ4v) is 0.227. The first-order valence-corrected chi connectivity index (χ1v) is 1.90. The van der Waals surface area contributed by atoms with Crippen molar-refractivity contribution in [3.05, 3.63) is 6.23 Å². The summed E-state index contributed by atoms with van der Waals surface area (Å²) in [6.07, 6.45) is 0.188. The van der Waals surface area contributed by atoms with Crippen LogP contribution in [-0.2, 0) is 30.0 Å². The summed E-state index contributed by atoms with van der Waals surface area (Å²) in [6.45, 7) is 2.82. The van der Waals surface area contributed by atoms with E-state index in [1.165, 1.54) is 13.8 Å². The van der Waals surface area contributed by atoms with E-state index in [0.29, 0.717) is 0 Å². The number of carbonyl (C=O) groups is 1. The zero-order valence-electron chi connectivity index (χ0n) is 4.71. The van der Waals surface area contributed by atoms with Crippen LogP contribution in [0, 0.1) is 6.23 Å². The van der Waals surface area contributed by atoms with E-state index in [0.717, 1.165) is 0 Å². The van der Waals surface area contributed by atoms with Crippen LogP contribution >= 0.6 is 0 Å². The van der Waals surface area contributed by atoms with E-state index in [1.54, 1.807) is 0 Å². The summed E-state index contributed by atoms with van der Waals surface area (Å²) in [4.78, 5) is 9.93. The molecular formula is C4H8NO2Pd-. The molecule has 0 aliphatic rings. The summed E-state index contributed by atoms with van der Waals surface area (Å²) in [7, 11) is 0. The molecule has 3 nitrogen and oxygen atoms in total. The molecule has 0 aromatic rings. The number of rotatable bonds is 1. The van der Waals surface area contributed by atoms with Gasteiger partial charge in [0.2, 0.25) is 0 Å².